The predicted molar refractivity (Wildman–Crippen MR) is 97.7 cm³/mol. The first kappa shape index (κ1) is 17.3. The summed E-state index contributed by atoms with van der Waals surface area (Å²) in [4.78, 5) is 32.1. The molecule has 1 aromatic carbocycles. The first-order chi connectivity index (χ1) is 12.5. The zero-order valence-electron chi connectivity index (χ0n) is 14.5. The highest BCUT2D eigenvalue weighted by Gasteiger charge is 2.17. The second-order valence-electron chi connectivity index (χ2n) is 5.83. The summed E-state index contributed by atoms with van der Waals surface area (Å²) in [6.45, 7) is 3.75. The van der Waals surface area contributed by atoms with Crippen LogP contribution in [0.3, 0.4) is 0 Å². The molecule has 7 heteroatoms. The fourth-order valence-electron chi connectivity index (χ4n) is 2.54. The van der Waals surface area contributed by atoms with Crippen LogP contribution >= 0.6 is 0 Å². The average Bonchev–Trinajstić information content (AvgIpc) is 3.08. The Morgan fingerprint density at radius 2 is 1.85 bits per heavy atom. The Hall–Kier alpha value is -3.48. The summed E-state index contributed by atoms with van der Waals surface area (Å²) >= 11 is 0. The molecular formula is C19H19N5O2. The Bertz CT molecular complexity index is 903. The molecule has 2 amide bonds. The van der Waals surface area contributed by atoms with Crippen molar-refractivity contribution in [2.75, 3.05) is 5.32 Å². The Labute approximate surface area is 151 Å². The summed E-state index contributed by atoms with van der Waals surface area (Å²) in [6, 6.07) is 10.8. The monoisotopic (exact) mass is 349 g/mol. The van der Waals surface area contributed by atoms with Crippen molar-refractivity contribution < 1.29 is 9.59 Å². The van der Waals surface area contributed by atoms with Gasteiger partial charge in [-0.05, 0) is 43.7 Å². The number of amides is 2. The number of imidazole rings is 1. The molecule has 2 N–H and O–H groups in total. The van der Waals surface area contributed by atoms with Gasteiger partial charge in [-0.2, -0.15) is 0 Å². The predicted octanol–water partition coefficient (Wildman–Crippen LogP) is 2.39. The fraction of sp³-hybridized carbons (Fsp3) is 0.158. The van der Waals surface area contributed by atoms with E-state index in [-0.39, 0.29) is 6.04 Å². The summed E-state index contributed by atoms with van der Waals surface area (Å²) in [5, 5.41) is 5.20. The molecule has 7 nitrogen and oxygen atoms in total. The molecule has 0 aliphatic heterocycles. The van der Waals surface area contributed by atoms with Gasteiger partial charge in [0.25, 0.3) is 0 Å². The van der Waals surface area contributed by atoms with Crippen LogP contribution in [0.1, 0.15) is 24.4 Å². The molecule has 0 radical (unpaired) electrons. The van der Waals surface area contributed by atoms with Gasteiger partial charge in [0.05, 0.1) is 17.9 Å². The second kappa shape index (κ2) is 7.60. The lowest BCUT2D eigenvalue weighted by Gasteiger charge is -2.15. The standard InChI is InChI=1S/C19H19N5O2/c1-13(22-18(25)19(26)23-16-4-3-9-20-12-16)15-5-7-17(8-6-15)24-11-10-21-14(24)2/h3-13H,1-2H3,(H,22,25)(H,23,26). The zero-order chi connectivity index (χ0) is 18.5. The van der Waals surface area contributed by atoms with Gasteiger partial charge in [-0.1, -0.05) is 12.1 Å². The fourth-order valence-corrected chi connectivity index (χ4v) is 2.54. The molecule has 0 aliphatic carbocycles. The van der Waals surface area contributed by atoms with Crippen molar-refractivity contribution >= 4 is 17.5 Å². The summed E-state index contributed by atoms with van der Waals surface area (Å²) in [5.41, 5.74) is 2.35. The highest BCUT2D eigenvalue weighted by atomic mass is 16.2. The van der Waals surface area contributed by atoms with Gasteiger partial charge in [-0.3, -0.25) is 14.6 Å². The number of anilines is 1. The van der Waals surface area contributed by atoms with Crippen LogP contribution in [-0.2, 0) is 9.59 Å². The Kier molecular flexibility index (Phi) is 5.07. The van der Waals surface area contributed by atoms with Crippen LogP contribution in [0.2, 0.25) is 0 Å². The average molecular weight is 349 g/mol. The first-order valence-corrected chi connectivity index (χ1v) is 8.17. The number of benzene rings is 1. The minimum absolute atomic E-state index is 0.305. The smallest absolute Gasteiger partial charge is 0.313 e. The van der Waals surface area contributed by atoms with Gasteiger partial charge in [-0.15, -0.1) is 0 Å². The Morgan fingerprint density at radius 3 is 2.46 bits per heavy atom. The normalized spacial score (nSPS) is 11.6. The molecule has 1 unspecified atom stereocenters. The number of rotatable bonds is 4. The Morgan fingerprint density at radius 1 is 1.08 bits per heavy atom. The van der Waals surface area contributed by atoms with Crippen molar-refractivity contribution in [2.24, 2.45) is 0 Å². The van der Waals surface area contributed by atoms with Gasteiger partial charge < -0.3 is 15.2 Å². The van der Waals surface area contributed by atoms with Crippen molar-refractivity contribution in [2.45, 2.75) is 19.9 Å². The zero-order valence-corrected chi connectivity index (χ0v) is 14.5. The summed E-state index contributed by atoms with van der Waals surface area (Å²) < 4.78 is 1.97. The van der Waals surface area contributed by atoms with Gasteiger partial charge in [0.2, 0.25) is 0 Å². The van der Waals surface area contributed by atoms with E-state index in [0.717, 1.165) is 17.1 Å². The van der Waals surface area contributed by atoms with Crippen molar-refractivity contribution in [3.05, 3.63) is 72.6 Å². The molecule has 26 heavy (non-hydrogen) atoms. The van der Waals surface area contributed by atoms with E-state index in [1.54, 1.807) is 24.5 Å². The molecule has 2 aromatic heterocycles. The minimum Gasteiger partial charge on any atom is -0.341 e. The van der Waals surface area contributed by atoms with Crippen LogP contribution in [0.5, 0.6) is 0 Å². The second-order valence-corrected chi connectivity index (χ2v) is 5.83. The lowest BCUT2D eigenvalue weighted by atomic mass is 10.1. The third-order valence-electron chi connectivity index (χ3n) is 3.97. The highest BCUT2D eigenvalue weighted by molar-refractivity contribution is 6.39. The van der Waals surface area contributed by atoms with Crippen LogP contribution < -0.4 is 10.6 Å². The van der Waals surface area contributed by atoms with Crippen molar-refractivity contribution in [1.82, 2.24) is 19.9 Å². The molecule has 132 valence electrons. The number of aromatic nitrogens is 3. The third-order valence-corrected chi connectivity index (χ3v) is 3.97. The Balaban J connectivity index is 1.62. The van der Waals surface area contributed by atoms with Gasteiger partial charge in [-0.25, -0.2) is 4.98 Å². The van der Waals surface area contributed by atoms with Crippen LogP contribution in [0.4, 0.5) is 5.69 Å². The van der Waals surface area contributed by atoms with Crippen molar-refractivity contribution in [3.8, 4) is 5.69 Å². The number of carbonyl (C=O) groups is 2. The van der Waals surface area contributed by atoms with Crippen LogP contribution in [0.25, 0.3) is 5.69 Å². The molecule has 0 bridgehead atoms. The maximum absolute atomic E-state index is 12.1. The van der Waals surface area contributed by atoms with Crippen LogP contribution in [0, 0.1) is 6.92 Å². The van der Waals surface area contributed by atoms with Gasteiger partial charge in [0.1, 0.15) is 5.82 Å². The van der Waals surface area contributed by atoms with Gasteiger partial charge >= 0.3 is 11.8 Å². The molecule has 2 heterocycles. The van der Waals surface area contributed by atoms with Gasteiger partial charge in [0, 0.05) is 24.3 Å². The maximum Gasteiger partial charge on any atom is 0.313 e. The highest BCUT2D eigenvalue weighted by Crippen LogP contribution is 2.16. The van der Waals surface area contributed by atoms with E-state index in [4.69, 9.17) is 0 Å². The van der Waals surface area contributed by atoms with Crippen molar-refractivity contribution in [3.63, 3.8) is 0 Å². The summed E-state index contributed by atoms with van der Waals surface area (Å²) in [7, 11) is 0. The topological polar surface area (TPSA) is 88.9 Å². The molecule has 3 rings (SSSR count). The molecule has 0 saturated heterocycles. The van der Waals surface area contributed by atoms with E-state index in [1.807, 2.05) is 48.9 Å². The molecule has 3 aromatic rings. The van der Waals surface area contributed by atoms with Crippen molar-refractivity contribution in [1.29, 1.82) is 0 Å². The summed E-state index contributed by atoms with van der Waals surface area (Å²) in [6.07, 6.45) is 6.70. The number of pyridine rings is 1. The van der Waals surface area contributed by atoms with E-state index in [1.165, 1.54) is 6.20 Å². The van der Waals surface area contributed by atoms with E-state index in [0.29, 0.717) is 5.69 Å². The number of nitrogens with one attached hydrogen (secondary N) is 2. The quantitative estimate of drug-likeness (QED) is 0.708. The number of nitrogens with zero attached hydrogens (tertiary/aromatic N) is 3. The lowest BCUT2D eigenvalue weighted by molar-refractivity contribution is -0.136. The number of hydrogen-bond acceptors (Lipinski definition) is 4. The molecule has 0 aliphatic rings. The molecule has 1 atom stereocenters. The number of aryl methyl sites for hydroxylation is 1. The van der Waals surface area contributed by atoms with E-state index in [9.17, 15) is 9.59 Å². The maximum atomic E-state index is 12.1. The van der Waals surface area contributed by atoms with Crippen LogP contribution in [0.15, 0.2) is 61.2 Å². The van der Waals surface area contributed by atoms with E-state index in [2.05, 4.69) is 20.6 Å². The number of carbonyl (C=O) groups excluding carboxylic acids is 2. The number of hydrogen-bond donors (Lipinski definition) is 2. The third kappa shape index (κ3) is 3.94. The molecular weight excluding hydrogens is 330 g/mol. The first-order valence-electron chi connectivity index (χ1n) is 8.17. The summed E-state index contributed by atoms with van der Waals surface area (Å²) in [5.74, 6) is -0.530. The molecule has 0 fully saturated rings. The largest absolute Gasteiger partial charge is 0.341 e. The van der Waals surface area contributed by atoms with Gasteiger partial charge in [0.15, 0.2) is 0 Å². The minimum atomic E-state index is -0.726. The van der Waals surface area contributed by atoms with E-state index < -0.39 is 11.8 Å². The van der Waals surface area contributed by atoms with Crippen LogP contribution in [-0.4, -0.2) is 26.3 Å². The SMILES string of the molecule is Cc1nccn1-c1ccc(C(C)NC(=O)C(=O)Nc2cccnc2)cc1. The molecule has 0 spiro atoms. The van der Waals surface area contributed by atoms with E-state index >= 15 is 0 Å². The lowest BCUT2D eigenvalue weighted by Crippen LogP contribution is -2.36. The molecule has 0 saturated carbocycles.